The lowest BCUT2D eigenvalue weighted by atomic mass is 9.68. The lowest BCUT2D eigenvalue weighted by Gasteiger charge is -2.45. The summed E-state index contributed by atoms with van der Waals surface area (Å²) in [5.41, 5.74) is 0.623. The fraction of sp³-hybridized carbons (Fsp3) is 0.800. The van der Waals surface area contributed by atoms with Crippen LogP contribution in [0.3, 0.4) is 0 Å². The van der Waals surface area contributed by atoms with E-state index in [9.17, 15) is 0 Å². The van der Waals surface area contributed by atoms with Gasteiger partial charge in [-0.2, -0.15) is 0 Å². The van der Waals surface area contributed by atoms with Crippen LogP contribution in [0, 0.1) is 11.3 Å². The van der Waals surface area contributed by atoms with Crippen molar-refractivity contribution in [2.75, 3.05) is 13.2 Å². The molecule has 2 atom stereocenters. The van der Waals surface area contributed by atoms with Gasteiger partial charge in [0.2, 0.25) is 0 Å². The molecule has 19 heavy (non-hydrogen) atoms. The molecule has 2 saturated carbocycles. The van der Waals surface area contributed by atoms with Crippen LogP contribution in [0.4, 0.5) is 0 Å². The molecule has 3 aliphatic rings. The van der Waals surface area contributed by atoms with E-state index in [1.54, 1.807) is 0 Å². The van der Waals surface area contributed by atoms with E-state index in [1.807, 2.05) is 13.1 Å². The predicted octanol–water partition coefficient (Wildman–Crippen LogP) is 2.38. The van der Waals surface area contributed by atoms with Gasteiger partial charge in [0.1, 0.15) is 12.4 Å². The van der Waals surface area contributed by atoms with Crippen molar-refractivity contribution in [3.8, 4) is 0 Å². The van der Waals surface area contributed by atoms with E-state index in [2.05, 4.69) is 15.7 Å². The Kier molecular flexibility index (Phi) is 2.55. The SMILES string of the molecule is CCOCc1nccn1C[C@]12C[C@H]1COC21CCC1. The van der Waals surface area contributed by atoms with Gasteiger partial charge in [0, 0.05) is 31.0 Å². The molecule has 0 aromatic carbocycles. The van der Waals surface area contributed by atoms with E-state index >= 15 is 0 Å². The monoisotopic (exact) mass is 262 g/mol. The highest BCUT2D eigenvalue weighted by atomic mass is 16.5. The number of fused-ring (bicyclic) bond motifs is 2. The van der Waals surface area contributed by atoms with Crippen LogP contribution < -0.4 is 0 Å². The number of rotatable bonds is 5. The van der Waals surface area contributed by atoms with Crippen LogP contribution in [0.25, 0.3) is 0 Å². The average molecular weight is 262 g/mol. The fourth-order valence-corrected chi connectivity index (χ4v) is 4.16. The lowest BCUT2D eigenvalue weighted by Crippen LogP contribution is -2.47. The summed E-state index contributed by atoms with van der Waals surface area (Å²) in [5.74, 6) is 1.85. The van der Waals surface area contributed by atoms with Crippen molar-refractivity contribution in [3.05, 3.63) is 18.2 Å². The molecule has 4 heteroatoms. The van der Waals surface area contributed by atoms with Crippen molar-refractivity contribution in [3.63, 3.8) is 0 Å². The van der Waals surface area contributed by atoms with Crippen LogP contribution in [-0.4, -0.2) is 28.4 Å². The Morgan fingerprint density at radius 3 is 3.11 bits per heavy atom. The van der Waals surface area contributed by atoms with Crippen LogP contribution in [0.5, 0.6) is 0 Å². The van der Waals surface area contributed by atoms with E-state index in [0.29, 0.717) is 12.0 Å². The minimum Gasteiger partial charge on any atom is -0.374 e. The molecule has 2 aliphatic carbocycles. The molecule has 0 unspecified atom stereocenters. The summed E-state index contributed by atoms with van der Waals surface area (Å²) in [6.07, 6.45) is 9.20. The van der Waals surface area contributed by atoms with Gasteiger partial charge in [-0.15, -0.1) is 0 Å². The Morgan fingerprint density at radius 2 is 2.42 bits per heavy atom. The van der Waals surface area contributed by atoms with Crippen molar-refractivity contribution in [1.82, 2.24) is 9.55 Å². The molecule has 1 saturated heterocycles. The number of nitrogens with zero attached hydrogens (tertiary/aromatic N) is 2. The van der Waals surface area contributed by atoms with Crippen molar-refractivity contribution < 1.29 is 9.47 Å². The second-order valence-electron chi connectivity index (χ2n) is 6.32. The maximum absolute atomic E-state index is 6.15. The van der Waals surface area contributed by atoms with Crippen LogP contribution >= 0.6 is 0 Å². The smallest absolute Gasteiger partial charge is 0.134 e. The zero-order chi connectivity index (χ0) is 12.9. The summed E-state index contributed by atoms with van der Waals surface area (Å²) in [5, 5.41) is 0. The Hall–Kier alpha value is -0.870. The lowest BCUT2D eigenvalue weighted by molar-refractivity contribution is -0.115. The second-order valence-corrected chi connectivity index (χ2v) is 6.32. The standard InChI is InChI=1S/C15H22N2O2/c1-2-18-10-13-16-6-7-17(13)11-14-8-12(14)9-19-15(14)4-3-5-15/h6-7,12H,2-5,8-11H2,1H3/t12-,14+/m0/s1. The van der Waals surface area contributed by atoms with Gasteiger partial charge >= 0.3 is 0 Å². The predicted molar refractivity (Wildman–Crippen MR) is 70.6 cm³/mol. The first-order valence-corrected chi connectivity index (χ1v) is 7.51. The van der Waals surface area contributed by atoms with Gasteiger partial charge in [-0.25, -0.2) is 4.98 Å². The highest BCUT2D eigenvalue weighted by molar-refractivity contribution is 5.21. The summed E-state index contributed by atoms with van der Waals surface area (Å²) in [7, 11) is 0. The minimum atomic E-state index is 0.213. The third kappa shape index (κ3) is 1.56. The maximum Gasteiger partial charge on any atom is 0.134 e. The van der Waals surface area contributed by atoms with Gasteiger partial charge in [-0.05, 0) is 38.5 Å². The number of hydrogen-bond donors (Lipinski definition) is 0. The molecule has 2 heterocycles. The Balaban J connectivity index is 1.54. The molecule has 1 aromatic rings. The molecular formula is C15H22N2O2. The molecule has 4 rings (SSSR count). The van der Waals surface area contributed by atoms with Gasteiger partial charge in [0.15, 0.2) is 0 Å². The third-order valence-electron chi connectivity index (χ3n) is 5.55. The molecule has 0 bridgehead atoms. The molecular weight excluding hydrogens is 240 g/mol. The van der Waals surface area contributed by atoms with E-state index in [4.69, 9.17) is 9.47 Å². The summed E-state index contributed by atoms with van der Waals surface area (Å²) in [6.45, 7) is 5.44. The maximum atomic E-state index is 6.15. The fourth-order valence-electron chi connectivity index (χ4n) is 4.16. The normalized spacial score (nSPS) is 34.3. The highest BCUT2D eigenvalue weighted by Gasteiger charge is 2.73. The Morgan fingerprint density at radius 1 is 1.53 bits per heavy atom. The van der Waals surface area contributed by atoms with Crippen molar-refractivity contribution >= 4 is 0 Å². The quantitative estimate of drug-likeness (QED) is 0.817. The largest absolute Gasteiger partial charge is 0.374 e. The van der Waals surface area contributed by atoms with Crippen LogP contribution in [0.2, 0.25) is 0 Å². The highest BCUT2D eigenvalue weighted by Crippen LogP contribution is 2.71. The molecule has 0 N–H and O–H groups in total. The zero-order valence-electron chi connectivity index (χ0n) is 11.6. The van der Waals surface area contributed by atoms with E-state index in [0.717, 1.165) is 31.5 Å². The van der Waals surface area contributed by atoms with Crippen molar-refractivity contribution in [1.29, 1.82) is 0 Å². The molecule has 104 valence electrons. The van der Waals surface area contributed by atoms with Gasteiger partial charge < -0.3 is 14.0 Å². The molecule has 1 aromatic heterocycles. The number of ether oxygens (including phenoxy) is 2. The first kappa shape index (κ1) is 11.9. The van der Waals surface area contributed by atoms with Gasteiger partial charge in [-0.3, -0.25) is 0 Å². The van der Waals surface area contributed by atoms with Gasteiger partial charge in [0.05, 0.1) is 12.2 Å². The molecule has 1 spiro atoms. The number of hydrogen-bond acceptors (Lipinski definition) is 3. The first-order chi connectivity index (χ1) is 9.30. The minimum absolute atomic E-state index is 0.213. The molecule has 0 radical (unpaired) electrons. The number of aromatic nitrogens is 2. The van der Waals surface area contributed by atoms with Crippen LogP contribution in [0.15, 0.2) is 12.4 Å². The molecule has 4 nitrogen and oxygen atoms in total. The van der Waals surface area contributed by atoms with Gasteiger partial charge in [0.25, 0.3) is 0 Å². The zero-order valence-corrected chi connectivity index (χ0v) is 11.6. The van der Waals surface area contributed by atoms with E-state index in [-0.39, 0.29) is 5.60 Å². The summed E-state index contributed by atoms with van der Waals surface area (Å²) in [6, 6.07) is 0. The van der Waals surface area contributed by atoms with Crippen LogP contribution in [0.1, 0.15) is 38.4 Å². The Bertz CT molecular complexity index is 480. The van der Waals surface area contributed by atoms with E-state index in [1.165, 1.54) is 25.7 Å². The van der Waals surface area contributed by atoms with E-state index < -0.39 is 0 Å². The second kappa shape index (κ2) is 4.06. The van der Waals surface area contributed by atoms with Crippen LogP contribution in [-0.2, 0) is 22.6 Å². The molecule has 3 fully saturated rings. The topological polar surface area (TPSA) is 36.3 Å². The summed E-state index contributed by atoms with van der Waals surface area (Å²) in [4.78, 5) is 4.43. The Labute approximate surface area is 114 Å². The first-order valence-electron chi connectivity index (χ1n) is 7.51. The third-order valence-corrected chi connectivity index (χ3v) is 5.55. The van der Waals surface area contributed by atoms with Crippen molar-refractivity contribution in [2.24, 2.45) is 11.3 Å². The summed E-state index contributed by atoms with van der Waals surface area (Å²) >= 11 is 0. The number of imidazole rings is 1. The molecule has 1 aliphatic heterocycles. The summed E-state index contributed by atoms with van der Waals surface area (Å²) < 4.78 is 13.9. The van der Waals surface area contributed by atoms with Gasteiger partial charge in [-0.1, -0.05) is 0 Å². The average Bonchev–Trinajstić information content (AvgIpc) is 2.76. The van der Waals surface area contributed by atoms with Crippen molar-refractivity contribution in [2.45, 2.75) is 51.4 Å². The molecule has 0 amide bonds.